The van der Waals surface area contributed by atoms with Gasteiger partial charge in [-0.15, -0.1) is 0 Å². The minimum Gasteiger partial charge on any atom is -0.478 e. The van der Waals surface area contributed by atoms with Crippen LogP contribution in [-0.4, -0.2) is 62.7 Å². The van der Waals surface area contributed by atoms with E-state index in [1.54, 1.807) is 13.2 Å². The molecule has 1 heterocycles. The van der Waals surface area contributed by atoms with E-state index >= 15 is 0 Å². The molecule has 0 aliphatic carbocycles. The van der Waals surface area contributed by atoms with Crippen LogP contribution in [-0.2, 0) is 9.47 Å². The zero-order valence-electron chi connectivity index (χ0n) is 17.4. The summed E-state index contributed by atoms with van der Waals surface area (Å²) in [7, 11) is 3.68. The summed E-state index contributed by atoms with van der Waals surface area (Å²) in [5.74, 6) is -0.897. The Morgan fingerprint density at radius 2 is 2.00 bits per heavy atom. The average molecular weight is 399 g/mol. The first-order valence-electron chi connectivity index (χ1n) is 9.94. The maximum absolute atomic E-state index is 11.6. The van der Waals surface area contributed by atoms with Gasteiger partial charge in [-0.3, -0.25) is 4.90 Å². The van der Waals surface area contributed by atoms with Crippen LogP contribution in [0.1, 0.15) is 33.9 Å². The Kier molecular flexibility index (Phi) is 7.25. The third-order valence-electron chi connectivity index (χ3n) is 5.65. The van der Waals surface area contributed by atoms with Crippen molar-refractivity contribution in [1.29, 1.82) is 0 Å². The Morgan fingerprint density at radius 3 is 2.69 bits per heavy atom. The van der Waals surface area contributed by atoms with E-state index in [0.717, 1.165) is 37.3 Å². The molecule has 3 rings (SSSR count). The second-order valence-corrected chi connectivity index (χ2v) is 7.54. The Balaban J connectivity index is 1.84. The highest BCUT2D eigenvalue weighted by Gasteiger charge is 2.28. The zero-order valence-corrected chi connectivity index (χ0v) is 17.4. The lowest BCUT2D eigenvalue weighted by atomic mass is 10.0. The number of ether oxygens (including phenoxy) is 2. The van der Waals surface area contributed by atoms with Crippen LogP contribution in [0.2, 0.25) is 0 Å². The maximum atomic E-state index is 11.6. The van der Waals surface area contributed by atoms with Crippen LogP contribution in [0.15, 0.2) is 48.5 Å². The van der Waals surface area contributed by atoms with E-state index in [1.807, 2.05) is 44.3 Å². The Bertz CT molecular complexity index is 812. The number of carboxylic acids is 1. The van der Waals surface area contributed by atoms with E-state index < -0.39 is 5.97 Å². The van der Waals surface area contributed by atoms with Crippen molar-refractivity contribution >= 4 is 11.7 Å². The van der Waals surface area contributed by atoms with E-state index in [9.17, 15) is 9.90 Å². The molecule has 1 saturated heterocycles. The van der Waals surface area contributed by atoms with Crippen LogP contribution < -0.4 is 4.90 Å². The smallest absolute Gasteiger partial charge is 0.336 e. The van der Waals surface area contributed by atoms with E-state index in [2.05, 4.69) is 21.9 Å². The molecule has 0 unspecified atom stereocenters. The number of likely N-dealkylation sites (N-methyl/N-ethyl adjacent to an activating group) is 1. The summed E-state index contributed by atoms with van der Waals surface area (Å²) < 4.78 is 10.8. The van der Waals surface area contributed by atoms with Gasteiger partial charge >= 0.3 is 5.97 Å². The molecule has 0 spiro atoms. The molecule has 2 aromatic rings. The lowest BCUT2D eigenvalue weighted by Gasteiger charge is -2.34. The largest absolute Gasteiger partial charge is 0.478 e. The second kappa shape index (κ2) is 9.87. The standard InChI is InChI=1S/C23H30N2O4/c1-17-20(23(26)27)10-7-11-21(17)24(2)22(18-8-5-4-6-9-18)15-25-13-12-19(14-25)29-16-28-3/h4-11,19,22H,12-16H2,1-3H3,(H,26,27)/t19-,22+/m0/s1. The number of carbonyl (C=O) groups is 1. The van der Waals surface area contributed by atoms with Crippen LogP contribution in [0.25, 0.3) is 0 Å². The van der Waals surface area contributed by atoms with Crippen LogP contribution in [0.4, 0.5) is 5.69 Å². The average Bonchev–Trinajstić information content (AvgIpc) is 3.18. The Labute approximate surface area is 172 Å². The quantitative estimate of drug-likeness (QED) is 0.652. The molecule has 2 atom stereocenters. The summed E-state index contributed by atoms with van der Waals surface area (Å²) in [6.45, 7) is 4.88. The first-order valence-corrected chi connectivity index (χ1v) is 9.94. The van der Waals surface area contributed by atoms with Gasteiger partial charge in [0.15, 0.2) is 0 Å². The molecule has 29 heavy (non-hydrogen) atoms. The van der Waals surface area contributed by atoms with Gasteiger partial charge in [-0.25, -0.2) is 4.79 Å². The van der Waals surface area contributed by atoms with E-state index in [0.29, 0.717) is 12.4 Å². The lowest BCUT2D eigenvalue weighted by Crippen LogP contribution is -2.36. The van der Waals surface area contributed by atoms with Gasteiger partial charge in [0.2, 0.25) is 0 Å². The zero-order chi connectivity index (χ0) is 20.8. The predicted octanol–water partition coefficient (Wildman–Crippen LogP) is 3.57. The topological polar surface area (TPSA) is 62.2 Å². The number of likely N-dealkylation sites (tertiary alicyclic amines) is 1. The number of methoxy groups -OCH3 is 1. The maximum Gasteiger partial charge on any atom is 0.336 e. The van der Waals surface area contributed by atoms with Crippen LogP contribution in [0.5, 0.6) is 0 Å². The van der Waals surface area contributed by atoms with E-state index in [-0.39, 0.29) is 12.1 Å². The third kappa shape index (κ3) is 5.15. The number of rotatable bonds is 9. The van der Waals surface area contributed by atoms with Gasteiger partial charge in [-0.2, -0.15) is 0 Å². The number of anilines is 1. The number of nitrogens with zero attached hydrogens (tertiary/aromatic N) is 2. The molecule has 0 radical (unpaired) electrons. The number of hydrogen-bond acceptors (Lipinski definition) is 5. The van der Waals surface area contributed by atoms with Crippen LogP contribution in [0.3, 0.4) is 0 Å². The van der Waals surface area contributed by atoms with Gasteiger partial charge in [-0.05, 0) is 36.6 Å². The van der Waals surface area contributed by atoms with Gasteiger partial charge in [0.25, 0.3) is 0 Å². The Morgan fingerprint density at radius 1 is 1.24 bits per heavy atom. The van der Waals surface area contributed by atoms with Crippen LogP contribution in [0, 0.1) is 6.92 Å². The highest BCUT2D eigenvalue weighted by Crippen LogP contribution is 2.31. The van der Waals surface area contributed by atoms with Crippen molar-refractivity contribution in [3.05, 3.63) is 65.2 Å². The molecule has 1 aliphatic rings. The minimum absolute atomic E-state index is 0.0973. The van der Waals surface area contributed by atoms with Crippen molar-refractivity contribution in [3.63, 3.8) is 0 Å². The SMILES string of the molecule is COCO[C@H]1CCN(C[C@H](c2ccccc2)N(C)c2cccc(C(=O)O)c2C)C1. The summed E-state index contributed by atoms with van der Waals surface area (Å²) in [6, 6.07) is 15.9. The molecule has 1 N–H and O–H groups in total. The monoisotopic (exact) mass is 398 g/mol. The van der Waals surface area contributed by atoms with Gasteiger partial charge in [0.05, 0.1) is 17.7 Å². The number of hydrogen-bond donors (Lipinski definition) is 1. The number of aromatic carboxylic acids is 1. The summed E-state index contributed by atoms with van der Waals surface area (Å²) >= 11 is 0. The van der Waals surface area contributed by atoms with Gasteiger partial charge in [-0.1, -0.05) is 36.4 Å². The van der Waals surface area contributed by atoms with Crippen molar-refractivity contribution in [2.75, 3.05) is 45.5 Å². The van der Waals surface area contributed by atoms with Crippen molar-refractivity contribution < 1.29 is 19.4 Å². The highest BCUT2D eigenvalue weighted by atomic mass is 16.7. The first-order chi connectivity index (χ1) is 14.0. The fraction of sp³-hybridized carbons (Fsp3) is 0.435. The van der Waals surface area contributed by atoms with E-state index in [4.69, 9.17) is 9.47 Å². The summed E-state index contributed by atoms with van der Waals surface area (Å²) in [6.07, 6.45) is 1.18. The molecular weight excluding hydrogens is 368 g/mol. The normalized spacial score (nSPS) is 18.0. The molecule has 0 bridgehead atoms. The second-order valence-electron chi connectivity index (χ2n) is 7.54. The molecule has 0 aromatic heterocycles. The highest BCUT2D eigenvalue weighted by molar-refractivity contribution is 5.91. The molecule has 1 fully saturated rings. The summed E-state index contributed by atoms with van der Waals surface area (Å²) in [4.78, 5) is 16.2. The van der Waals surface area contributed by atoms with Crippen molar-refractivity contribution in [1.82, 2.24) is 4.90 Å². The molecule has 2 aromatic carbocycles. The molecule has 1 aliphatic heterocycles. The third-order valence-corrected chi connectivity index (χ3v) is 5.65. The van der Waals surface area contributed by atoms with Crippen molar-refractivity contribution in [2.24, 2.45) is 0 Å². The first kappa shape index (κ1) is 21.3. The molecule has 6 heteroatoms. The number of carboxylic acid groups (broad SMARTS) is 1. The fourth-order valence-corrected chi connectivity index (χ4v) is 4.04. The molecule has 0 amide bonds. The Hall–Kier alpha value is -2.41. The number of benzene rings is 2. The molecule has 0 saturated carbocycles. The molecule has 156 valence electrons. The van der Waals surface area contributed by atoms with Gasteiger partial charge in [0, 0.05) is 39.5 Å². The van der Waals surface area contributed by atoms with Crippen LogP contribution >= 0.6 is 0 Å². The van der Waals surface area contributed by atoms with Gasteiger partial charge < -0.3 is 19.5 Å². The fourth-order valence-electron chi connectivity index (χ4n) is 4.04. The summed E-state index contributed by atoms with van der Waals surface area (Å²) in [5.41, 5.74) is 3.27. The van der Waals surface area contributed by atoms with Gasteiger partial charge in [0.1, 0.15) is 6.79 Å². The lowest BCUT2D eigenvalue weighted by molar-refractivity contribution is -0.0671. The molecular formula is C23H30N2O4. The van der Waals surface area contributed by atoms with E-state index in [1.165, 1.54) is 5.56 Å². The molecule has 6 nitrogen and oxygen atoms in total. The minimum atomic E-state index is -0.897. The summed E-state index contributed by atoms with van der Waals surface area (Å²) in [5, 5.41) is 9.51. The van der Waals surface area contributed by atoms with Crippen molar-refractivity contribution in [2.45, 2.75) is 25.5 Å². The predicted molar refractivity (Wildman–Crippen MR) is 114 cm³/mol. The van der Waals surface area contributed by atoms with Crippen molar-refractivity contribution in [3.8, 4) is 0 Å².